The van der Waals surface area contributed by atoms with E-state index in [1.54, 1.807) is 12.3 Å². The predicted octanol–water partition coefficient (Wildman–Crippen LogP) is 1.76. The molecule has 1 aromatic carbocycles. The molecule has 4 nitrogen and oxygen atoms in total. The van der Waals surface area contributed by atoms with Crippen LogP contribution in [0.25, 0.3) is 0 Å². The fourth-order valence-corrected chi connectivity index (χ4v) is 1.52. The van der Waals surface area contributed by atoms with E-state index >= 15 is 0 Å². The Morgan fingerprint density at radius 2 is 2.29 bits per heavy atom. The summed E-state index contributed by atoms with van der Waals surface area (Å²) >= 11 is 0. The van der Waals surface area contributed by atoms with Crippen LogP contribution in [0, 0.1) is 5.82 Å². The van der Waals surface area contributed by atoms with Crippen molar-refractivity contribution in [2.24, 2.45) is 7.05 Å². The van der Waals surface area contributed by atoms with E-state index in [4.69, 9.17) is 10.5 Å². The van der Waals surface area contributed by atoms with Gasteiger partial charge in [0.25, 0.3) is 0 Å². The summed E-state index contributed by atoms with van der Waals surface area (Å²) in [7, 11) is 1.91. The third-order valence-electron chi connectivity index (χ3n) is 2.46. The maximum atomic E-state index is 13.4. The van der Waals surface area contributed by atoms with Crippen molar-refractivity contribution >= 4 is 5.69 Å². The molecule has 2 rings (SSSR count). The maximum Gasteiger partial charge on any atom is 0.167 e. The highest BCUT2D eigenvalue weighted by atomic mass is 19.1. The first-order chi connectivity index (χ1) is 8.16. The molecule has 0 aliphatic heterocycles. The second kappa shape index (κ2) is 4.86. The monoisotopic (exact) mass is 235 g/mol. The first-order valence-electron chi connectivity index (χ1n) is 5.31. The van der Waals surface area contributed by atoms with Crippen molar-refractivity contribution in [1.29, 1.82) is 0 Å². The van der Waals surface area contributed by atoms with Crippen LogP contribution in [-0.2, 0) is 13.5 Å². The van der Waals surface area contributed by atoms with Gasteiger partial charge < -0.3 is 15.0 Å². The highest BCUT2D eigenvalue weighted by molar-refractivity contribution is 5.42. The molecule has 0 bridgehead atoms. The maximum absolute atomic E-state index is 13.4. The number of hydrogen-bond acceptors (Lipinski definition) is 3. The lowest BCUT2D eigenvalue weighted by atomic mass is 10.3. The number of halogens is 1. The van der Waals surface area contributed by atoms with Gasteiger partial charge in [-0.15, -0.1) is 0 Å². The first-order valence-corrected chi connectivity index (χ1v) is 5.31. The quantitative estimate of drug-likeness (QED) is 0.821. The Labute approximate surface area is 98.8 Å². The standard InChI is InChI=1S/C12H14FN3O/c1-16-6-5-15-12(16)4-7-17-11-3-2-9(14)8-10(11)13/h2-3,5-6,8H,4,7,14H2,1H3. The number of nitrogens with two attached hydrogens (primary N) is 1. The molecule has 0 amide bonds. The summed E-state index contributed by atoms with van der Waals surface area (Å²) < 4.78 is 20.6. The van der Waals surface area contributed by atoms with Crippen molar-refractivity contribution in [3.63, 3.8) is 0 Å². The number of anilines is 1. The van der Waals surface area contributed by atoms with Gasteiger partial charge in [-0.3, -0.25) is 0 Å². The highest BCUT2D eigenvalue weighted by Crippen LogP contribution is 2.19. The van der Waals surface area contributed by atoms with E-state index in [2.05, 4.69) is 4.98 Å². The molecule has 1 aromatic heterocycles. The predicted molar refractivity (Wildman–Crippen MR) is 63.2 cm³/mol. The van der Waals surface area contributed by atoms with Crippen molar-refractivity contribution in [1.82, 2.24) is 9.55 Å². The van der Waals surface area contributed by atoms with Crippen molar-refractivity contribution in [3.05, 3.63) is 42.2 Å². The Balaban J connectivity index is 1.92. The van der Waals surface area contributed by atoms with Crippen LogP contribution in [0.4, 0.5) is 10.1 Å². The van der Waals surface area contributed by atoms with Crippen LogP contribution in [0.3, 0.4) is 0 Å². The number of aromatic nitrogens is 2. The lowest BCUT2D eigenvalue weighted by Gasteiger charge is -2.07. The molecule has 17 heavy (non-hydrogen) atoms. The summed E-state index contributed by atoms with van der Waals surface area (Å²) in [5.74, 6) is 0.680. The zero-order valence-corrected chi connectivity index (χ0v) is 9.56. The van der Waals surface area contributed by atoms with Crippen LogP contribution in [0.15, 0.2) is 30.6 Å². The van der Waals surface area contributed by atoms with Gasteiger partial charge >= 0.3 is 0 Å². The Morgan fingerprint density at radius 1 is 1.47 bits per heavy atom. The molecule has 0 spiro atoms. The topological polar surface area (TPSA) is 53.1 Å². The van der Waals surface area contributed by atoms with Gasteiger partial charge in [-0.25, -0.2) is 9.37 Å². The fourth-order valence-electron chi connectivity index (χ4n) is 1.52. The molecule has 2 aromatic rings. The summed E-state index contributed by atoms with van der Waals surface area (Å²) in [4.78, 5) is 4.15. The molecule has 0 fully saturated rings. The number of rotatable bonds is 4. The minimum atomic E-state index is -0.440. The third-order valence-corrected chi connectivity index (χ3v) is 2.46. The highest BCUT2D eigenvalue weighted by Gasteiger charge is 2.04. The molecule has 0 aliphatic carbocycles. The largest absolute Gasteiger partial charge is 0.490 e. The Hall–Kier alpha value is -2.04. The number of hydrogen-bond donors (Lipinski definition) is 1. The summed E-state index contributed by atoms with van der Waals surface area (Å²) in [5.41, 5.74) is 5.83. The SMILES string of the molecule is Cn1ccnc1CCOc1ccc(N)cc1F. The molecule has 0 radical (unpaired) electrons. The summed E-state index contributed by atoms with van der Waals surface area (Å²) in [6.45, 7) is 0.381. The zero-order chi connectivity index (χ0) is 12.3. The van der Waals surface area contributed by atoms with E-state index < -0.39 is 5.82 Å². The van der Waals surface area contributed by atoms with Gasteiger partial charge in [0.05, 0.1) is 6.61 Å². The number of nitrogens with zero attached hydrogens (tertiary/aromatic N) is 2. The zero-order valence-electron chi connectivity index (χ0n) is 9.56. The second-order valence-corrected chi connectivity index (χ2v) is 3.74. The number of aryl methyl sites for hydroxylation is 1. The van der Waals surface area contributed by atoms with E-state index in [9.17, 15) is 4.39 Å². The summed E-state index contributed by atoms with van der Waals surface area (Å²) in [5, 5.41) is 0. The second-order valence-electron chi connectivity index (χ2n) is 3.74. The van der Waals surface area contributed by atoms with E-state index in [0.29, 0.717) is 18.7 Å². The van der Waals surface area contributed by atoms with Gasteiger partial charge in [0.15, 0.2) is 11.6 Å². The van der Waals surface area contributed by atoms with Crippen molar-refractivity contribution < 1.29 is 9.13 Å². The molecule has 0 saturated heterocycles. The minimum Gasteiger partial charge on any atom is -0.490 e. The smallest absolute Gasteiger partial charge is 0.167 e. The van der Waals surface area contributed by atoms with Gasteiger partial charge in [0.1, 0.15) is 5.82 Å². The van der Waals surface area contributed by atoms with Crippen molar-refractivity contribution in [3.8, 4) is 5.75 Å². The fraction of sp³-hybridized carbons (Fsp3) is 0.250. The van der Waals surface area contributed by atoms with Gasteiger partial charge in [-0.2, -0.15) is 0 Å². The van der Waals surface area contributed by atoms with Gasteiger partial charge in [0, 0.05) is 37.6 Å². The molecule has 1 heterocycles. The van der Waals surface area contributed by atoms with E-state index in [1.807, 2.05) is 17.8 Å². The summed E-state index contributed by atoms with van der Waals surface area (Å²) in [6.07, 6.45) is 4.21. The number of nitrogen functional groups attached to an aromatic ring is 1. The molecule has 5 heteroatoms. The lowest BCUT2D eigenvalue weighted by Crippen LogP contribution is -2.07. The molecule has 0 unspecified atom stereocenters. The Kier molecular flexibility index (Phi) is 3.27. The van der Waals surface area contributed by atoms with E-state index in [1.165, 1.54) is 12.1 Å². The normalized spacial score (nSPS) is 10.5. The molecule has 0 atom stereocenters. The Bertz CT molecular complexity index is 510. The van der Waals surface area contributed by atoms with Gasteiger partial charge in [-0.1, -0.05) is 0 Å². The molecule has 2 N–H and O–H groups in total. The first kappa shape index (κ1) is 11.4. The van der Waals surface area contributed by atoms with E-state index in [0.717, 1.165) is 5.82 Å². The van der Waals surface area contributed by atoms with Crippen molar-refractivity contribution in [2.75, 3.05) is 12.3 Å². The molecular formula is C12H14FN3O. The average molecular weight is 235 g/mol. The molecule has 0 aliphatic rings. The van der Waals surface area contributed by atoms with Crippen LogP contribution in [-0.4, -0.2) is 16.2 Å². The number of benzene rings is 1. The van der Waals surface area contributed by atoms with Gasteiger partial charge in [0.2, 0.25) is 0 Å². The molecule has 0 saturated carbocycles. The molecule has 90 valence electrons. The van der Waals surface area contributed by atoms with Crippen LogP contribution < -0.4 is 10.5 Å². The minimum absolute atomic E-state index is 0.216. The summed E-state index contributed by atoms with van der Waals surface area (Å²) in [6, 6.07) is 4.39. The average Bonchev–Trinajstić information content (AvgIpc) is 2.68. The third kappa shape index (κ3) is 2.75. The Morgan fingerprint density at radius 3 is 2.94 bits per heavy atom. The van der Waals surface area contributed by atoms with Crippen LogP contribution >= 0.6 is 0 Å². The van der Waals surface area contributed by atoms with Crippen LogP contribution in [0.5, 0.6) is 5.75 Å². The van der Waals surface area contributed by atoms with Crippen LogP contribution in [0.1, 0.15) is 5.82 Å². The van der Waals surface area contributed by atoms with Crippen molar-refractivity contribution in [2.45, 2.75) is 6.42 Å². The lowest BCUT2D eigenvalue weighted by molar-refractivity contribution is 0.301. The van der Waals surface area contributed by atoms with E-state index in [-0.39, 0.29) is 5.75 Å². The molecular weight excluding hydrogens is 221 g/mol. The van der Waals surface area contributed by atoms with Crippen LogP contribution in [0.2, 0.25) is 0 Å². The number of ether oxygens (including phenoxy) is 1. The van der Waals surface area contributed by atoms with Gasteiger partial charge in [-0.05, 0) is 12.1 Å². The number of imidazole rings is 1.